The number of hydrogen-bond donors (Lipinski definition) is 3. The maximum atomic E-state index is 4.88. The fourth-order valence-corrected chi connectivity index (χ4v) is 3.79. The Morgan fingerprint density at radius 1 is 1.00 bits per heavy atom. The summed E-state index contributed by atoms with van der Waals surface area (Å²) in [6, 6.07) is 12.5. The maximum Gasteiger partial charge on any atom is 0.120 e. The largest absolute Gasteiger partial charge is 0.381 e. The van der Waals surface area contributed by atoms with Crippen LogP contribution in [0.4, 0.5) is 5.69 Å². The van der Waals surface area contributed by atoms with E-state index in [0.29, 0.717) is 6.04 Å². The fourth-order valence-electron chi connectivity index (χ4n) is 3.79. The quantitative estimate of drug-likeness (QED) is 0.498. The summed E-state index contributed by atoms with van der Waals surface area (Å²) in [5, 5.41) is 14.4. The zero-order valence-corrected chi connectivity index (χ0v) is 16.3. The summed E-state index contributed by atoms with van der Waals surface area (Å²) in [7, 11) is 0. The molecule has 1 aliphatic rings. The number of nitrogens with one attached hydrogen (secondary N) is 3. The number of anilines is 1. The molecular formula is C22H23N7. The van der Waals surface area contributed by atoms with Gasteiger partial charge in [0.2, 0.25) is 0 Å². The van der Waals surface area contributed by atoms with E-state index >= 15 is 0 Å². The first kappa shape index (κ1) is 17.8. The number of rotatable bonds is 4. The Morgan fingerprint density at radius 2 is 1.90 bits per heavy atom. The summed E-state index contributed by atoms with van der Waals surface area (Å²) in [4.78, 5) is 14.1. The van der Waals surface area contributed by atoms with E-state index in [1.54, 1.807) is 0 Å². The Kier molecular flexibility index (Phi) is 4.65. The molecule has 0 aromatic carbocycles. The normalized spacial score (nSPS) is 14.9. The summed E-state index contributed by atoms with van der Waals surface area (Å²) in [6.07, 6.45) is 6.00. The molecule has 0 bridgehead atoms. The van der Waals surface area contributed by atoms with E-state index in [1.807, 2.05) is 49.6 Å². The van der Waals surface area contributed by atoms with Gasteiger partial charge in [-0.2, -0.15) is 5.10 Å². The van der Waals surface area contributed by atoms with Crippen LogP contribution in [0.2, 0.25) is 0 Å². The van der Waals surface area contributed by atoms with Gasteiger partial charge < -0.3 is 10.6 Å². The summed E-state index contributed by atoms with van der Waals surface area (Å²) < 4.78 is 0. The number of fused-ring (bicyclic) bond motifs is 1. The zero-order chi connectivity index (χ0) is 19.6. The molecule has 7 heteroatoms. The molecule has 29 heavy (non-hydrogen) atoms. The molecule has 1 saturated heterocycles. The lowest BCUT2D eigenvalue weighted by Gasteiger charge is -2.24. The zero-order valence-electron chi connectivity index (χ0n) is 16.3. The molecule has 0 radical (unpaired) electrons. The molecule has 1 fully saturated rings. The van der Waals surface area contributed by atoms with Crippen LogP contribution in [0.1, 0.15) is 18.5 Å². The molecule has 146 valence electrons. The number of piperidine rings is 1. The van der Waals surface area contributed by atoms with Crippen LogP contribution in [0.25, 0.3) is 33.7 Å². The van der Waals surface area contributed by atoms with Gasteiger partial charge in [0.05, 0.1) is 34.3 Å². The van der Waals surface area contributed by atoms with E-state index in [-0.39, 0.29) is 0 Å². The second kappa shape index (κ2) is 7.60. The second-order valence-electron chi connectivity index (χ2n) is 7.44. The van der Waals surface area contributed by atoms with Gasteiger partial charge in [0.1, 0.15) is 5.69 Å². The van der Waals surface area contributed by atoms with Crippen molar-refractivity contribution >= 4 is 16.7 Å². The van der Waals surface area contributed by atoms with Gasteiger partial charge in [-0.1, -0.05) is 6.07 Å². The molecule has 5 rings (SSSR count). The molecule has 4 aromatic rings. The molecule has 0 saturated carbocycles. The summed E-state index contributed by atoms with van der Waals surface area (Å²) in [6.45, 7) is 4.08. The minimum Gasteiger partial charge on any atom is -0.381 e. The number of hydrogen-bond acceptors (Lipinski definition) is 6. The van der Waals surface area contributed by atoms with E-state index in [1.165, 1.54) is 0 Å². The highest BCUT2D eigenvalue weighted by Gasteiger charge is 2.15. The lowest BCUT2D eigenvalue weighted by molar-refractivity contribution is 0.479. The van der Waals surface area contributed by atoms with Crippen LogP contribution in [-0.2, 0) is 0 Å². The Balaban J connectivity index is 1.49. The van der Waals surface area contributed by atoms with E-state index in [4.69, 9.17) is 4.98 Å². The van der Waals surface area contributed by atoms with Gasteiger partial charge in [-0.05, 0) is 63.2 Å². The lowest BCUT2D eigenvalue weighted by atomic mass is 10.1. The van der Waals surface area contributed by atoms with Crippen molar-refractivity contribution in [2.75, 3.05) is 18.4 Å². The molecule has 3 N–H and O–H groups in total. The van der Waals surface area contributed by atoms with E-state index < -0.39 is 0 Å². The third-order valence-corrected chi connectivity index (χ3v) is 5.29. The van der Waals surface area contributed by atoms with Crippen molar-refractivity contribution in [3.8, 4) is 22.6 Å². The number of H-pyrrole nitrogens is 1. The highest BCUT2D eigenvalue weighted by atomic mass is 15.1. The van der Waals surface area contributed by atoms with E-state index in [2.05, 4.69) is 36.9 Å². The highest BCUT2D eigenvalue weighted by molar-refractivity contribution is 5.84. The Bertz CT molecular complexity index is 1140. The van der Waals surface area contributed by atoms with Crippen LogP contribution < -0.4 is 10.6 Å². The van der Waals surface area contributed by atoms with Crippen molar-refractivity contribution in [3.05, 3.63) is 54.5 Å². The first-order valence-electron chi connectivity index (χ1n) is 9.98. The van der Waals surface area contributed by atoms with Gasteiger partial charge in [0.15, 0.2) is 0 Å². The molecule has 0 atom stereocenters. The summed E-state index contributed by atoms with van der Waals surface area (Å²) in [5.74, 6) is 0. The van der Waals surface area contributed by atoms with Gasteiger partial charge in [0.25, 0.3) is 0 Å². The Morgan fingerprint density at radius 3 is 2.76 bits per heavy atom. The molecule has 0 unspecified atom stereocenters. The molecular weight excluding hydrogens is 362 g/mol. The number of aromatic nitrogens is 5. The molecule has 0 amide bonds. The standard InChI is InChI=1S/C22H23N7/c1-14-3-2-4-20(26-14)22-17(13-25-29-22)18-5-6-19-21(28-18)11-16(12-24-19)27-15-7-9-23-10-8-15/h2-6,11-13,15,23,27H,7-10H2,1H3,(H,25,29). The Labute approximate surface area is 169 Å². The molecule has 4 aromatic heterocycles. The van der Waals surface area contributed by atoms with Crippen molar-refractivity contribution in [1.29, 1.82) is 0 Å². The average molecular weight is 385 g/mol. The van der Waals surface area contributed by atoms with Crippen LogP contribution in [-0.4, -0.2) is 44.3 Å². The van der Waals surface area contributed by atoms with Crippen LogP contribution in [0.15, 0.2) is 48.8 Å². The predicted molar refractivity (Wildman–Crippen MR) is 115 cm³/mol. The lowest BCUT2D eigenvalue weighted by Crippen LogP contribution is -2.35. The fraction of sp³-hybridized carbons (Fsp3) is 0.273. The second-order valence-corrected chi connectivity index (χ2v) is 7.44. The monoisotopic (exact) mass is 385 g/mol. The smallest absolute Gasteiger partial charge is 0.120 e. The minimum atomic E-state index is 0.478. The number of nitrogens with zero attached hydrogens (tertiary/aromatic N) is 4. The minimum absolute atomic E-state index is 0.478. The number of aryl methyl sites for hydroxylation is 1. The van der Waals surface area contributed by atoms with Gasteiger partial charge in [-0.25, -0.2) is 4.98 Å². The number of pyridine rings is 3. The topological polar surface area (TPSA) is 91.4 Å². The third kappa shape index (κ3) is 3.69. The highest BCUT2D eigenvalue weighted by Crippen LogP contribution is 2.29. The molecule has 5 heterocycles. The van der Waals surface area contributed by atoms with Gasteiger partial charge in [-0.15, -0.1) is 0 Å². The van der Waals surface area contributed by atoms with Crippen LogP contribution in [0.3, 0.4) is 0 Å². The van der Waals surface area contributed by atoms with Crippen molar-refractivity contribution in [2.24, 2.45) is 0 Å². The molecule has 1 aliphatic heterocycles. The first-order valence-corrected chi connectivity index (χ1v) is 9.98. The predicted octanol–water partition coefficient (Wildman–Crippen LogP) is 3.55. The Hall–Kier alpha value is -3.32. The van der Waals surface area contributed by atoms with Gasteiger partial charge in [-0.3, -0.25) is 15.1 Å². The molecule has 0 spiro atoms. The van der Waals surface area contributed by atoms with Crippen molar-refractivity contribution in [3.63, 3.8) is 0 Å². The molecule has 7 nitrogen and oxygen atoms in total. The first-order chi connectivity index (χ1) is 14.3. The summed E-state index contributed by atoms with van der Waals surface area (Å²) in [5.41, 5.74) is 7.14. The van der Waals surface area contributed by atoms with Crippen LogP contribution >= 0.6 is 0 Å². The molecule has 0 aliphatic carbocycles. The average Bonchev–Trinajstić information content (AvgIpc) is 3.24. The van der Waals surface area contributed by atoms with E-state index in [9.17, 15) is 0 Å². The van der Waals surface area contributed by atoms with Crippen LogP contribution in [0.5, 0.6) is 0 Å². The van der Waals surface area contributed by atoms with E-state index in [0.717, 1.165) is 71.0 Å². The summed E-state index contributed by atoms with van der Waals surface area (Å²) >= 11 is 0. The van der Waals surface area contributed by atoms with Crippen molar-refractivity contribution in [2.45, 2.75) is 25.8 Å². The van der Waals surface area contributed by atoms with Gasteiger partial charge >= 0.3 is 0 Å². The van der Waals surface area contributed by atoms with Crippen LogP contribution in [0, 0.1) is 6.92 Å². The van der Waals surface area contributed by atoms with Crippen molar-refractivity contribution in [1.82, 2.24) is 30.5 Å². The SMILES string of the molecule is Cc1cccc(-c2n[nH]cc2-c2ccc3ncc(NC4CCNCC4)cc3n2)n1. The van der Waals surface area contributed by atoms with Gasteiger partial charge in [0, 0.05) is 23.5 Å². The number of aromatic amines is 1. The maximum absolute atomic E-state index is 4.88. The third-order valence-electron chi connectivity index (χ3n) is 5.29. The van der Waals surface area contributed by atoms with Crippen molar-refractivity contribution < 1.29 is 0 Å².